The summed E-state index contributed by atoms with van der Waals surface area (Å²) in [7, 11) is 0. The third kappa shape index (κ3) is 3.18. The minimum Gasteiger partial charge on any atom is -0.464 e. The molecular formula is C21H25NO4. The Kier molecular flexibility index (Phi) is 5.25. The number of hydrogen-bond donors (Lipinski definition) is 0. The lowest BCUT2D eigenvalue weighted by Gasteiger charge is -2.37. The van der Waals surface area contributed by atoms with Gasteiger partial charge in [-0.2, -0.15) is 0 Å². The fourth-order valence-corrected chi connectivity index (χ4v) is 3.64. The maximum atomic E-state index is 12.3. The number of nitrogens with zero attached hydrogens (tertiary/aromatic N) is 1. The average molecular weight is 355 g/mol. The van der Waals surface area contributed by atoms with Gasteiger partial charge in [-0.05, 0) is 43.2 Å². The van der Waals surface area contributed by atoms with Crippen LogP contribution in [-0.2, 0) is 9.53 Å². The first-order chi connectivity index (χ1) is 12.5. The Morgan fingerprint density at radius 2 is 1.85 bits per heavy atom. The molecule has 0 amide bonds. The largest absolute Gasteiger partial charge is 0.464 e. The van der Waals surface area contributed by atoms with Gasteiger partial charge in [0.1, 0.15) is 11.7 Å². The van der Waals surface area contributed by atoms with Crippen LogP contribution in [0.2, 0.25) is 0 Å². The Balaban J connectivity index is 1.98. The molecule has 0 radical (unpaired) electrons. The Labute approximate surface area is 153 Å². The molecule has 5 heteroatoms. The summed E-state index contributed by atoms with van der Waals surface area (Å²) in [4.78, 5) is 38.7. The average Bonchev–Trinajstić information content (AvgIpc) is 2.65. The van der Waals surface area contributed by atoms with Crippen molar-refractivity contribution in [3.63, 3.8) is 0 Å². The summed E-state index contributed by atoms with van der Waals surface area (Å²) in [6, 6.07) is 7.26. The fourth-order valence-electron chi connectivity index (χ4n) is 3.64. The van der Waals surface area contributed by atoms with Gasteiger partial charge in [-0.3, -0.25) is 9.59 Å². The number of benzene rings is 1. The van der Waals surface area contributed by atoms with Crippen LogP contribution in [0.15, 0.2) is 33.9 Å². The number of rotatable bonds is 5. The molecule has 138 valence electrons. The predicted octanol–water partition coefficient (Wildman–Crippen LogP) is 3.00. The molecule has 0 spiro atoms. The van der Waals surface area contributed by atoms with Crippen LogP contribution in [0.4, 0.5) is 5.69 Å². The van der Waals surface area contributed by atoms with Crippen LogP contribution in [0.5, 0.6) is 0 Å². The SMILES string of the molecule is CCOC(=O)C1CCCCN1c1c(-c2ccc(C(C)C)cc2)c(=O)c1=O. The van der Waals surface area contributed by atoms with Crippen LogP contribution in [0.3, 0.4) is 0 Å². The van der Waals surface area contributed by atoms with E-state index in [2.05, 4.69) is 13.8 Å². The van der Waals surface area contributed by atoms with Crippen molar-refractivity contribution in [2.24, 2.45) is 0 Å². The van der Waals surface area contributed by atoms with Crippen molar-refractivity contribution in [1.82, 2.24) is 0 Å². The molecule has 3 rings (SSSR count). The van der Waals surface area contributed by atoms with Gasteiger partial charge in [0.2, 0.25) is 10.9 Å². The molecule has 2 aromatic rings. The van der Waals surface area contributed by atoms with Gasteiger partial charge >= 0.3 is 5.97 Å². The third-order valence-corrected chi connectivity index (χ3v) is 5.10. The number of carbonyl (C=O) groups excluding carboxylic acids is 1. The highest BCUT2D eigenvalue weighted by atomic mass is 16.5. The lowest BCUT2D eigenvalue weighted by molar-refractivity contribution is -0.145. The summed E-state index contributed by atoms with van der Waals surface area (Å²) >= 11 is 0. The molecule has 0 saturated carbocycles. The van der Waals surface area contributed by atoms with Crippen LogP contribution in [-0.4, -0.2) is 25.2 Å². The molecule has 1 aliphatic rings. The quantitative estimate of drug-likeness (QED) is 0.609. The van der Waals surface area contributed by atoms with E-state index in [4.69, 9.17) is 4.74 Å². The molecule has 2 aromatic carbocycles. The van der Waals surface area contributed by atoms with Gasteiger partial charge in [0.05, 0.1) is 12.2 Å². The fraction of sp³-hybridized carbons (Fsp3) is 0.476. The smallest absolute Gasteiger partial charge is 0.328 e. The monoisotopic (exact) mass is 355 g/mol. The first-order valence-corrected chi connectivity index (χ1v) is 9.32. The molecule has 1 saturated heterocycles. The molecule has 26 heavy (non-hydrogen) atoms. The molecule has 1 unspecified atom stereocenters. The summed E-state index contributed by atoms with van der Waals surface area (Å²) < 4.78 is 5.18. The topological polar surface area (TPSA) is 63.7 Å². The standard InChI is InChI=1S/C21H25NO4/c1-4-26-21(25)16-7-5-6-12-22(16)18-17(19(23)20(18)24)15-10-8-14(9-11-15)13(2)3/h8-11,13,16H,4-7,12H2,1-3H3. The lowest BCUT2D eigenvalue weighted by atomic mass is 9.92. The molecular weight excluding hydrogens is 330 g/mol. The first-order valence-electron chi connectivity index (χ1n) is 9.32. The number of anilines is 1. The van der Waals surface area contributed by atoms with E-state index in [1.807, 2.05) is 24.3 Å². The Morgan fingerprint density at radius 3 is 2.46 bits per heavy atom. The highest BCUT2D eigenvalue weighted by Gasteiger charge is 2.36. The zero-order valence-corrected chi connectivity index (χ0v) is 15.6. The van der Waals surface area contributed by atoms with Crippen molar-refractivity contribution in [3.05, 3.63) is 50.3 Å². The highest BCUT2D eigenvalue weighted by Crippen LogP contribution is 2.32. The molecule has 5 nitrogen and oxygen atoms in total. The van der Waals surface area contributed by atoms with Gasteiger partial charge in [-0.1, -0.05) is 38.1 Å². The predicted molar refractivity (Wildman–Crippen MR) is 102 cm³/mol. The van der Waals surface area contributed by atoms with Crippen molar-refractivity contribution in [2.45, 2.75) is 52.0 Å². The third-order valence-electron chi connectivity index (χ3n) is 5.10. The van der Waals surface area contributed by atoms with Crippen molar-refractivity contribution < 1.29 is 9.53 Å². The molecule has 1 heterocycles. The van der Waals surface area contributed by atoms with Gasteiger partial charge in [0.15, 0.2) is 0 Å². The van der Waals surface area contributed by atoms with E-state index in [1.165, 1.54) is 5.56 Å². The summed E-state index contributed by atoms with van der Waals surface area (Å²) in [6.07, 6.45) is 2.44. The second-order valence-electron chi connectivity index (χ2n) is 7.12. The Bertz CT molecular complexity index is 859. The van der Waals surface area contributed by atoms with Gasteiger partial charge in [0.25, 0.3) is 0 Å². The van der Waals surface area contributed by atoms with E-state index in [1.54, 1.807) is 11.8 Å². The minimum atomic E-state index is -0.496. The number of ether oxygens (including phenoxy) is 1. The Hall–Kier alpha value is -2.43. The number of piperidine rings is 1. The summed E-state index contributed by atoms with van der Waals surface area (Å²) in [6.45, 7) is 6.87. The van der Waals surface area contributed by atoms with Crippen LogP contribution < -0.4 is 15.8 Å². The molecule has 0 bridgehead atoms. The maximum Gasteiger partial charge on any atom is 0.328 e. The summed E-state index contributed by atoms with van der Waals surface area (Å²) in [5.41, 5.74) is 1.76. The van der Waals surface area contributed by atoms with Crippen LogP contribution in [0, 0.1) is 0 Å². The second-order valence-corrected chi connectivity index (χ2v) is 7.12. The lowest BCUT2D eigenvalue weighted by Crippen LogP contribution is -2.52. The number of carbonyl (C=O) groups is 1. The highest BCUT2D eigenvalue weighted by molar-refractivity contribution is 5.87. The summed E-state index contributed by atoms with van der Waals surface area (Å²) in [5, 5.41) is 0. The molecule has 1 fully saturated rings. The van der Waals surface area contributed by atoms with Gasteiger partial charge in [0, 0.05) is 6.54 Å². The van der Waals surface area contributed by atoms with Crippen LogP contribution in [0.25, 0.3) is 11.1 Å². The molecule has 1 aliphatic heterocycles. The Morgan fingerprint density at radius 1 is 1.15 bits per heavy atom. The normalized spacial score (nSPS) is 17.7. The second kappa shape index (κ2) is 7.44. The van der Waals surface area contributed by atoms with Crippen molar-refractivity contribution >= 4 is 11.7 Å². The van der Waals surface area contributed by atoms with Gasteiger partial charge in [-0.15, -0.1) is 0 Å². The van der Waals surface area contributed by atoms with Gasteiger partial charge in [-0.25, -0.2) is 4.79 Å². The number of esters is 1. The van der Waals surface area contributed by atoms with Crippen molar-refractivity contribution in [2.75, 3.05) is 18.1 Å². The molecule has 0 aromatic heterocycles. The zero-order chi connectivity index (χ0) is 18.8. The molecule has 0 N–H and O–H groups in total. The minimum absolute atomic E-state index is 0.304. The van der Waals surface area contributed by atoms with Crippen molar-refractivity contribution in [1.29, 1.82) is 0 Å². The summed E-state index contributed by atoms with van der Waals surface area (Å²) in [5.74, 6) is 0.0767. The number of hydrogen-bond acceptors (Lipinski definition) is 5. The van der Waals surface area contributed by atoms with E-state index in [9.17, 15) is 14.4 Å². The van der Waals surface area contributed by atoms with Crippen molar-refractivity contribution in [3.8, 4) is 11.1 Å². The van der Waals surface area contributed by atoms with Crippen LogP contribution in [0.1, 0.15) is 51.5 Å². The van der Waals surface area contributed by atoms with E-state index >= 15 is 0 Å². The van der Waals surface area contributed by atoms with E-state index in [0.717, 1.165) is 18.4 Å². The van der Waals surface area contributed by atoms with E-state index in [0.29, 0.717) is 36.7 Å². The first kappa shape index (κ1) is 18.4. The maximum absolute atomic E-state index is 12.3. The van der Waals surface area contributed by atoms with Gasteiger partial charge < -0.3 is 9.64 Å². The van der Waals surface area contributed by atoms with E-state index in [-0.39, 0.29) is 5.97 Å². The van der Waals surface area contributed by atoms with E-state index < -0.39 is 16.9 Å². The molecule has 1 atom stereocenters. The van der Waals surface area contributed by atoms with Crippen LogP contribution >= 0.6 is 0 Å². The zero-order valence-electron chi connectivity index (χ0n) is 15.6. The molecule has 0 aliphatic carbocycles.